The second-order valence-electron chi connectivity index (χ2n) is 12.9. The fraction of sp³-hybridized carbons (Fsp3) is 0.457. The van der Waals surface area contributed by atoms with E-state index >= 15 is 0 Å². The third-order valence-electron chi connectivity index (χ3n) is 9.68. The molecule has 1 amide bonds. The number of phenolic OH excluding ortho intramolecular Hbond substituents is 2. The highest BCUT2D eigenvalue weighted by Crippen LogP contribution is 2.42. The molecular weight excluding hydrogens is 610 g/mol. The Morgan fingerprint density at radius 2 is 1.30 bits per heavy atom. The number of carbonyl (C=O) groups is 5. The molecule has 1 aromatic carbocycles. The van der Waals surface area contributed by atoms with Crippen molar-refractivity contribution in [3.63, 3.8) is 0 Å². The van der Waals surface area contributed by atoms with Gasteiger partial charge in [-0.15, -0.1) is 0 Å². The Hall–Kier alpha value is -4.39. The lowest BCUT2D eigenvalue weighted by Crippen LogP contribution is -2.53. The number of amides is 1. The van der Waals surface area contributed by atoms with Gasteiger partial charge in [-0.1, -0.05) is 52.0 Å². The Morgan fingerprint density at radius 1 is 0.723 bits per heavy atom. The summed E-state index contributed by atoms with van der Waals surface area (Å²) in [5.74, 6) is -9.98. The van der Waals surface area contributed by atoms with E-state index < -0.39 is 117 Å². The molecule has 1 aliphatic carbocycles. The standard InChI is InChI=1S/C35H41NO11/c1-13-9-8-10-14(2)34(45)36-21-12-22(37)23-24(30(42)17(5)31(43)25(23)32(21)44)27(39)15(3)11-20-29(41)19(7)33(47-35(20)46)18(6)28(40)16(4)26(13)38/h8-13,16,18-20,26,28-29,33,38,40-43H,1-7H3,(H,36,45)/b9-8-,14-10-,15-11-/t13-,16+,18+,19+,20-,26-,28+,29+,33-/m0/s1. The van der Waals surface area contributed by atoms with Gasteiger partial charge in [0.15, 0.2) is 11.6 Å². The first-order chi connectivity index (χ1) is 21.9. The summed E-state index contributed by atoms with van der Waals surface area (Å²) in [6, 6.07) is 0. The van der Waals surface area contributed by atoms with E-state index in [4.69, 9.17) is 4.74 Å². The van der Waals surface area contributed by atoms with Crippen LogP contribution in [0.3, 0.4) is 0 Å². The van der Waals surface area contributed by atoms with Crippen molar-refractivity contribution < 1.29 is 54.2 Å². The number of aliphatic hydroxyl groups is 3. The van der Waals surface area contributed by atoms with Crippen LogP contribution in [0.1, 0.15) is 78.2 Å². The van der Waals surface area contributed by atoms with Crippen molar-refractivity contribution in [1.82, 2.24) is 5.32 Å². The molecule has 1 fully saturated rings. The molecule has 6 aliphatic rings. The number of ketones is 3. The topological polar surface area (TPSA) is 208 Å². The number of phenols is 2. The van der Waals surface area contributed by atoms with E-state index in [9.17, 15) is 49.5 Å². The molecule has 0 radical (unpaired) electrons. The number of hydrogen-bond donors (Lipinski definition) is 6. The highest BCUT2D eigenvalue weighted by Gasteiger charge is 2.47. The number of benzene rings is 1. The summed E-state index contributed by atoms with van der Waals surface area (Å²) in [6.45, 7) is 10.6. The Bertz CT molecular complexity index is 1670. The minimum Gasteiger partial charge on any atom is -0.507 e. The molecule has 9 atom stereocenters. The largest absolute Gasteiger partial charge is 0.507 e. The van der Waals surface area contributed by atoms with Crippen LogP contribution in [0.25, 0.3) is 0 Å². The molecule has 6 bridgehead atoms. The van der Waals surface area contributed by atoms with Crippen LogP contribution in [0.2, 0.25) is 0 Å². The lowest BCUT2D eigenvalue weighted by atomic mass is 9.75. The Balaban J connectivity index is 1.88. The van der Waals surface area contributed by atoms with E-state index in [1.165, 1.54) is 32.9 Å². The number of aromatic hydroxyl groups is 2. The molecule has 0 spiro atoms. The number of hydrogen-bond acceptors (Lipinski definition) is 11. The number of allylic oxidation sites excluding steroid dienone is 5. The van der Waals surface area contributed by atoms with E-state index in [1.54, 1.807) is 33.8 Å². The lowest BCUT2D eigenvalue weighted by molar-refractivity contribution is -0.186. The van der Waals surface area contributed by atoms with E-state index in [0.29, 0.717) is 0 Å². The average Bonchev–Trinajstić information content (AvgIpc) is 3.03. The molecule has 1 aromatic rings. The molecule has 47 heavy (non-hydrogen) atoms. The number of rotatable bonds is 0. The summed E-state index contributed by atoms with van der Waals surface area (Å²) in [6.07, 6.45) is 2.00. The normalized spacial score (nSPS) is 35.3. The second-order valence-corrected chi connectivity index (χ2v) is 12.9. The zero-order valence-electron chi connectivity index (χ0n) is 27.3. The van der Waals surface area contributed by atoms with E-state index in [-0.39, 0.29) is 16.7 Å². The monoisotopic (exact) mass is 651 g/mol. The number of aliphatic hydroxyl groups excluding tert-OH is 3. The average molecular weight is 652 g/mol. The van der Waals surface area contributed by atoms with Gasteiger partial charge in [0.25, 0.3) is 5.91 Å². The van der Waals surface area contributed by atoms with Gasteiger partial charge >= 0.3 is 5.97 Å². The quantitative estimate of drug-likeness (QED) is 0.225. The maximum absolute atomic E-state index is 13.8. The van der Waals surface area contributed by atoms with Crippen LogP contribution in [-0.4, -0.2) is 79.2 Å². The van der Waals surface area contributed by atoms with Gasteiger partial charge in [0.05, 0.1) is 40.7 Å². The van der Waals surface area contributed by atoms with Crippen molar-refractivity contribution in [2.45, 2.75) is 72.9 Å². The molecule has 252 valence electrons. The predicted octanol–water partition coefficient (Wildman–Crippen LogP) is 2.60. The number of carbonyl (C=O) groups excluding carboxylic acids is 5. The fourth-order valence-corrected chi connectivity index (χ4v) is 6.45. The maximum Gasteiger partial charge on any atom is 0.315 e. The van der Waals surface area contributed by atoms with Crippen molar-refractivity contribution in [1.29, 1.82) is 0 Å². The van der Waals surface area contributed by atoms with Crippen molar-refractivity contribution in [2.75, 3.05) is 0 Å². The zero-order chi connectivity index (χ0) is 35.2. The lowest BCUT2D eigenvalue weighted by Gasteiger charge is -2.42. The predicted molar refractivity (Wildman–Crippen MR) is 168 cm³/mol. The van der Waals surface area contributed by atoms with Crippen LogP contribution in [-0.2, 0) is 14.3 Å². The van der Waals surface area contributed by atoms with Gasteiger partial charge < -0.3 is 35.6 Å². The van der Waals surface area contributed by atoms with Crippen LogP contribution >= 0.6 is 0 Å². The van der Waals surface area contributed by atoms with Crippen LogP contribution in [0.4, 0.5) is 0 Å². The first-order valence-electron chi connectivity index (χ1n) is 15.4. The minimum absolute atomic E-state index is 0.128. The van der Waals surface area contributed by atoms with Gasteiger partial charge in [-0.3, -0.25) is 24.0 Å². The second kappa shape index (κ2) is 13.4. The minimum atomic E-state index is -1.36. The zero-order valence-corrected chi connectivity index (χ0v) is 27.3. The van der Waals surface area contributed by atoms with Crippen molar-refractivity contribution in [3.05, 3.63) is 69.5 Å². The Kier molecular flexibility index (Phi) is 10.1. The summed E-state index contributed by atoms with van der Waals surface area (Å²) < 4.78 is 5.70. The number of Topliss-reactive ketones (excluding diaryl/α,β-unsaturated/α-hetero) is 2. The van der Waals surface area contributed by atoms with E-state index in [1.807, 2.05) is 0 Å². The summed E-state index contributed by atoms with van der Waals surface area (Å²) in [7, 11) is 0. The molecular formula is C35H41NO11. The smallest absolute Gasteiger partial charge is 0.315 e. The van der Waals surface area contributed by atoms with Crippen molar-refractivity contribution in [2.24, 2.45) is 29.6 Å². The highest BCUT2D eigenvalue weighted by atomic mass is 16.6. The van der Waals surface area contributed by atoms with Crippen molar-refractivity contribution >= 4 is 29.2 Å². The molecule has 0 unspecified atom stereocenters. The summed E-state index contributed by atoms with van der Waals surface area (Å²) in [5.41, 5.74) is -2.54. The summed E-state index contributed by atoms with van der Waals surface area (Å²) >= 11 is 0. The van der Waals surface area contributed by atoms with Crippen LogP contribution in [0.5, 0.6) is 11.5 Å². The SMILES string of the molecule is C/C1=C/C=C\[C@H](C)[C@H](O)[C@@H](C)[C@@H](O)[C@@H](C)[C@@H]2OC(=O)[C@@H](/C=C(/C)C(=O)c3c(O)c(C)c(O)c4c3C(=O)C=C(NC1=O)C4=O)[C@H](O)[C@H]2C. The maximum atomic E-state index is 13.8. The fourth-order valence-electron chi connectivity index (χ4n) is 6.45. The summed E-state index contributed by atoms with van der Waals surface area (Å²) in [4.78, 5) is 66.9. The van der Waals surface area contributed by atoms with Gasteiger partial charge in [0.1, 0.15) is 23.5 Å². The van der Waals surface area contributed by atoms with Gasteiger partial charge in [-0.25, -0.2) is 0 Å². The molecule has 0 saturated carbocycles. The first-order valence-corrected chi connectivity index (χ1v) is 15.4. The molecule has 1 saturated heterocycles. The molecule has 5 heterocycles. The molecule has 5 aliphatic heterocycles. The first kappa shape index (κ1) is 35.5. The van der Waals surface area contributed by atoms with Gasteiger partial charge in [-0.05, 0) is 26.3 Å². The van der Waals surface area contributed by atoms with Crippen LogP contribution < -0.4 is 5.32 Å². The number of ether oxygens (including phenoxy) is 1. The van der Waals surface area contributed by atoms with E-state index in [2.05, 4.69) is 5.32 Å². The molecule has 6 N–H and O–H groups in total. The van der Waals surface area contributed by atoms with Crippen LogP contribution in [0.15, 0.2) is 47.2 Å². The highest BCUT2D eigenvalue weighted by molar-refractivity contribution is 6.31. The van der Waals surface area contributed by atoms with Gasteiger partial charge in [0.2, 0.25) is 5.78 Å². The Morgan fingerprint density at radius 3 is 1.91 bits per heavy atom. The van der Waals surface area contributed by atoms with E-state index in [0.717, 1.165) is 12.2 Å². The summed E-state index contributed by atoms with van der Waals surface area (Å²) in [5, 5.41) is 57.6. The number of esters is 1. The molecule has 7 rings (SSSR count). The molecule has 12 heteroatoms. The number of nitrogens with one attached hydrogen (secondary N) is 1. The van der Waals surface area contributed by atoms with Crippen LogP contribution in [0, 0.1) is 36.5 Å². The molecule has 0 aromatic heterocycles. The third-order valence-corrected chi connectivity index (χ3v) is 9.68. The molecule has 12 nitrogen and oxygen atoms in total. The third kappa shape index (κ3) is 6.32. The Labute approximate surface area is 272 Å². The van der Waals surface area contributed by atoms with Gasteiger partial charge in [0, 0.05) is 40.9 Å². The van der Waals surface area contributed by atoms with Crippen molar-refractivity contribution in [3.8, 4) is 11.5 Å². The van der Waals surface area contributed by atoms with Gasteiger partial charge in [-0.2, -0.15) is 0 Å².